The van der Waals surface area contributed by atoms with Gasteiger partial charge in [0.25, 0.3) is 0 Å². The number of hydrogen-bond acceptors (Lipinski definition) is 0. The van der Waals surface area contributed by atoms with Gasteiger partial charge in [0.05, 0.1) is 0 Å². The van der Waals surface area contributed by atoms with E-state index in [1.54, 1.807) is 0 Å². The maximum Gasteiger partial charge on any atom is -0.0422 e. The van der Waals surface area contributed by atoms with E-state index in [4.69, 9.17) is 0 Å². The Hall–Kier alpha value is 0. The lowest BCUT2D eigenvalue weighted by Crippen LogP contribution is -2.00. The molecule has 0 saturated heterocycles. The topological polar surface area (TPSA) is 0 Å². The van der Waals surface area contributed by atoms with Crippen LogP contribution in [0.4, 0.5) is 0 Å². The van der Waals surface area contributed by atoms with Crippen molar-refractivity contribution in [2.24, 2.45) is 47.3 Å². The first kappa shape index (κ1) is 70.4. The predicted octanol–water partition coefficient (Wildman–Crippen LogP) is 18.5. The first-order chi connectivity index (χ1) is 20.4. The fourth-order valence-corrected chi connectivity index (χ4v) is 2.10. The van der Waals surface area contributed by atoms with Crippen LogP contribution in [-0.2, 0) is 0 Å². The van der Waals surface area contributed by atoms with Gasteiger partial charge in [-0.2, -0.15) is 0 Å². The maximum atomic E-state index is 2.30. The molecule has 0 bridgehead atoms. The van der Waals surface area contributed by atoms with Crippen molar-refractivity contribution in [1.29, 1.82) is 0 Å². The zero-order valence-corrected chi connectivity index (χ0v) is 38.3. The summed E-state index contributed by atoms with van der Waals surface area (Å²) in [4.78, 5) is 0. The van der Waals surface area contributed by atoms with Gasteiger partial charge in [0.15, 0.2) is 0 Å². The molecule has 0 saturated carbocycles. The van der Waals surface area contributed by atoms with E-state index in [1.165, 1.54) is 51.4 Å². The summed E-state index contributed by atoms with van der Waals surface area (Å²) in [5.41, 5.74) is 0. The SMILES string of the molecule is CC.CC.CC.CC.CCC(C)C.CCC(C)C.CCC(C)C(C)C.CCC(C)C(C)C.CCCC(C)C.CCCC(C)C. The third-order valence-electron chi connectivity index (χ3n) is 6.93. The summed E-state index contributed by atoms with van der Waals surface area (Å²) in [5.74, 6) is 7.10. The minimum absolute atomic E-state index is 0.866. The van der Waals surface area contributed by atoms with Crippen LogP contribution in [0.5, 0.6) is 0 Å². The van der Waals surface area contributed by atoms with Gasteiger partial charge >= 0.3 is 0 Å². The lowest BCUT2D eigenvalue weighted by molar-refractivity contribution is 0.407. The van der Waals surface area contributed by atoms with Gasteiger partial charge in [0, 0.05) is 0 Å². The summed E-state index contributed by atoms with van der Waals surface area (Å²) in [6.07, 6.45) is 10.7. The smallest absolute Gasteiger partial charge is 0.0422 e. The predicted molar refractivity (Wildman–Crippen MR) is 224 cm³/mol. The molecule has 0 aromatic heterocycles. The van der Waals surface area contributed by atoms with Crippen LogP contribution in [-0.4, -0.2) is 0 Å². The van der Waals surface area contributed by atoms with Crippen LogP contribution in [0.25, 0.3) is 0 Å². The molecule has 44 heavy (non-hydrogen) atoms. The largest absolute Gasteiger partial charge is 0.0683 e. The van der Waals surface area contributed by atoms with Crippen LogP contribution in [0.3, 0.4) is 0 Å². The second-order valence-corrected chi connectivity index (χ2v) is 13.2. The monoisotopic (exact) mass is 637 g/mol. The van der Waals surface area contributed by atoms with Gasteiger partial charge < -0.3 is 0 Å². The summed E-state index contributed by atoms with van der Waals surface area (Å²) >= 11 is 0. The Morgan fingerprint density at radius 3 is 0.432 bits per heavy atom. The fourth-order valence-electron chi connectivity index (χ4n) is 2.10. The van der Waals surface area contributed by atoms with Gasteiger partial charge in [-0.1, -0.05) is 245 Å². The Morgan fingerprint density at radius 1 is 0.273 bits per heavy atom. The molecule has 2 atom stereocenters. The van der Waals surface area contributed by atoms with Crippen LogP contribution >= 0.6 is 0 Å². The van der Waals surface area contributed by atoms with Crippen molar-refractivity contribution >= 4 is 0 Å². The summed E-state index contributed by atoms with van der Waals surface area (Å²) < 4.78 is 0. The van der Waals surface area contributed by atoms with Crippen molar-refractivity contribution in [2.75, 3.05) is 0 Å². The molecule has 284 valence electrons. The molecule has 0 aliphatic heterocycles. The highest BCUT2D eigenvalue weighted by Gasteiger charge is 2.01. The van der Waals surface area contributed by atoms with E-state index in [-0.39, 0.29) is 0 Å². The summed E-state index contributed by atoms with van der Waals surface area (Å²) in [6.45, 7) is 60.9. The van der Waals surface area contributed by atoms with Crippen LogP contribution in [0, 0.1) is 47.3 Å². The molecule has 0 amide bonds. The number of hydrogen-bond donors (Lipinski definition) is 0. The van der Waals surface area contributed by atoms with Crippen LogP contribution < -0.4 is 0 Å². The van der Waals surface area contributed by atoms with Gasteiger partial charge in [0.1, 0.15) is 0 Å². The third-order valence-corrected chi connectivity index (χ3v) is 6.93. The fraction of sp³-hybridized carbons (Fsp3) is 1.00. The minimum Gasteiger partial charge on any atom is -0.0683 e. The molecule has 0 fully saturated rings. The Kier molecular flexibility index (Phi) is 118. The normalized spacial score (nSPS) is 10.2. The molecular formula is C44H108. The molecule has 0 nitrogen and oxygen atoms in total. The molecule has 0 spiro atoms. The zero-order chi connectivity index (χ0) is 38.3. The van der Waals surface area contributed by atoms with E-state index >= 15 is 0 Å². The zero-order valence-electron chi connectivity index (χ0n) is 38.3. The lowest BCUT2D eigenvalue weighted by Gasteiger charge is -2.10. The standard InChI is InChI=1S/2C7H16.2C6H14.2C5H12.4C2H6/c2*1-5-7(4)6(2)3;2*1-4-5-6(2)3;2*1-4-5(2)3;4*1-2/h2*6-7H,5H2,1-4H3;2*6H,4-5H2,1-3H3;2*5H,4H2,1-3H3;4*1-2H3. The molecule has 0 aliphatic carbocycles. The van der Waals surface area contributed by atoms with Gasteiger partial charge in [-0.05, 0) is 47.3 Å². The van der Waals surface area contributed by atoms with Crippen molar-refractivity contribution < 1.29 is 0 Å². The van der Waals surface area contributed by atoms with Gasteiger partial charge in [0.2, 0.25) is 0 Å². The van der Waals surface area contributed by atoms with Gasteiger partial charge in [-0.25, -0.2) is 0 Å². The second kappa shape index (κ2) is 74.1. The Balaban J connectivity index is -0.0000000377. The molecular weight excluding hydrogens is 528 g/mol. The molecule has 0 rings (SSSR count). The average Bonchev–Trinajstić information content (AvgIpc) is 3.01. The Morgan fingerprint density at radius 2 is 0.432 bits per heavy atom. The minimum atomic E-state index is 0.866. The van der Waals surface area contributed by atoms with E-state index < -0.39 is 0 Å². The van der Waals surface area contributed by atoms with Crippen molar-refractivity contribution in [3.8, 4) is 0 Å². The summed E-state index contributed by atoms with van der Waals surface area (Å²) in [7, 11) is 0. The Bertz CT molecular complexity index is 276. The number of rotatable bonds is 10. The molecule has 2 unspecified atom stereocenters. The first-order valence-electron chi connectivity index (χ1n) is 20.4. The molecule has 0 heterocycles. The Labute approximate surface area is 291 Å². The van der Waals surface area contributed by atoms with Gasteiger partial charge in [-0.15, -0.1) is 0 Å². The second-order valence-electron chi connectivity index (χ2n) is 13.2. The van der Waals surface area contributed by atoms with Gasteiger partial charge in [-0.3, -0.25) is 0 Å². The van der Waals surface area contributed by atoms with E-state index in [0.29, 0.717) is 0 Å². The molecule has 0 aromatic carbocycles. The maximum absolute atomic E-state index is 2.30. The van der Waals surface area contributed by atoms with Crippen LogP contribution in [0.2, 0.25) is 0 Å². The van der Waals surface area contributed by atoms with Crippen molar-refractivity contribution in [2.45, 2.75) is 245 Å². The highest BCUT2D eigenvalue weighted by atomic mass is 14.1. The van der Waals surface area contributed by atoms with E-state index in [9.17, 15) is 0 Å². The molecule has 0 aromatic rings. The van der Waals surface area contributed by atoms with Crippen LogP contribution in [0.1, 0.15) is 245 Å². The van der Waals surface area contributed by atoms with Crippen molar-refractivity contribution in [3.05, 3.63) is 0 Å². The molecule has 0 aliphatic rings. The molecule has 0 radical (unpaired) electrons. The summed E-state index contributed by atoms with van der Waals surface area (Å²) in [5, 5.41) is 0. The highest BCUT2D eigenvalue weighted by Crippen LogP contribution is 2.12. The average molecular weight is 637 g/mol. The van der Waals surface area contributed by atoms with Crippen molar-refractivity contribution in [3.63, 3.8) is 0 Å². The third kappa shape index (κ3) is 146. The first-order valence-corrected chi connectivity index (χ1v) is 20.4. The molecule has 0 N–H and O–H groups in total. The summed E-state index contributed by atoms with van der Waals surface area (Å²) in [6, 6.07) is 0. The quantitative estimate of drug-likeness (QED) is 0.224. The lowest BCUT2D eigenvalue weighted by atomic mass is 9.96. The van der Waals surface area contributed by atoms with E-state index in [1.807, 2.05) is 55.4 Å². The van der Waals surface area contributed by atoms with Crippen molar-refractivity contribution in [1.82, 2.24) is 0 Å². The highest BCUT2D eigenvalue weighted by molar-refractivity contribution is 4.52. The molecule has 0 heteroatoms. The van der Waals surface area contributed by atoms with E-state index in [0.717, 1.165) is 47.3 Å². The van der Waals surface area contributed by atoms with E-state index in [2.05, 4.69) is 138 Å². The van der Waals surface area contributed by atoms with Crippen LogP contribution in [0.15, 0.2) is 0 Å².